The molecule has 0 bridgehead atoms. The predicted octanol–water partition coefficient (Wildman–Crippen LogP) is 2.90. The Morgan fingerprint density at radius 2 is 2.24 bits per heavy atom. The molecule has 2 aromatic rings. The highest BCUT2D eigenvalue weighted by Crippen LogP contribution is 2.26. The van der Waals surface area contributed by atoms with Gasteiger partial charge in [-0.05, 0) is 25.1 Å². The minimum absolute atomic E-state index is 0.0169. The summed E-state index contributed by atoms with van der Waals surface area (Å²) in [5.41, 5.74) is 1.47. The van der Waals surface area contributed by atoms with Gasteiger partial charge in [0, 0.05) is 35.6 Å². The van der Waals surface area contributed by atoms with Crippen LogP contribution in [0.15, 0.2) is 29.6 Å². The molecule has 1 aromatic heterocycles. The molecule has 0 atom stereocenters. The summed E-state index contributed by atoms with van der Waals surface area (Å²) in [4.78, 5) is 18.8. The molecule has 0 radical (unpaired) electrons. The first-order chi connectivity index (χ1) is 10.2. The van der Waals surface area contributed by atoms with E-state index in [0.29, 0.717) is 10.7 Å². The summed E-state index contributed by atoms with van der Waals surface area (Å²) in [6.07, 6.45) is 0.983. The van der Waals surface area contributed by atoms with E-state index in [0.717, 1.165) is 43.2 Å². The van der Waals surface area contributed by atoms with E-state index in [9.17, 15) is 4.79 Å². The lowest BCUT2D eigenvalue weighted by Crippen LogP contribution is -2.34. The number of thiazole rings is 1. The van der Waals surface area contributed by atoms with E-state index >= 15 is 0 Å². The first kappa shape index (κ1) is 14.5. The van der Waals surface area contributed by atoms with Gasteiger partial charge >= 0.3 is 0 Å². The Labute approximate surface area is 132 Å². The Bertz CT molecular complexity index is 635. The standard InChI is InChI=1S/C15H16ClN3OS/c16-12-4-1-3-11(9-12)14-18-13(10-21-14)15(20)19-7-2-5-17-6-8-19/h1,3-4,9-10,17H,2,5-8H2. The number of aromatic nitrogens is 1. The molecule has 0 spiro atoms. The number of halogens is 1. The molecule has 4 nitrogen and oxygen atoms in total. The van der Waals surface area contributed by atoms with Crippen LogP contribution in [-0.4, -0.2) is 42.0 Å². The SMILES string of the molecule is O=C(c1csc(-c2cccc(Cl)c2)n1)N1CCCNCC1. The van der Waals surface area contributed by atoms with Crippen LogP contribution in [0.5, 0.6) is 0 Å². The zero-order chi connectivity index (χ0) is 14.7. The molecular weight excluding hydrogens is 306 g/mol. The van der Waals surface area contributed by atoms with Crippen LogP contribution in [0.4, 0.5) is 0 Å². The number of nitrogens with one attached hydrogen (secondary N) is 1. The first-order valence-electron chi connectivity index (χ1n) is 6.95. The van der Waals surface area contributed by atoms with Crippen molar-refractivity contribution in [3.05, 3.63) is 40.4 Å². The van der Waals surface area contributed by atoms with E-state index in [1.54, 1.807) is 0 Å². The first-order valence-corrected chi connectivity index (χ1v) is 8.21. The molecule has 2 heterocycles. The van der Waals surface area contributed by atoms with Crippen LogP contribution in [-0.2, 0) is 0 Å². The topological polar surface area (TPSA) is 45.2 Å². The van der Waals surface area contributed by atoms with Crippen LogP contribution in [0, 0.1) is 0 Å². The highest BCUT2D eigenvalue weighted by molar-refractivity contribution is 7.13. The van der Waals surface area contributed by atoms with Crippen LogP contribution >= 0.6 is 22.9 Å². The van der Waals surface area contributed by atoms with Crippen molar-refractivity contribution in [2.75, 3.05) is 26.2 Å². The normalized spacial score (nSPS) is 15.8. The third-order valence-corrected chi connectivity index (χ3v) is 4.55. The molecular formula is C15H16ClN3OS. The average molecular weight is 322 g/mol. The molecule has 0 aliphatic carbocycles. The lowest BCUT2D eigenvalue weighted by molar-refractivity contribution is 0.0761. The Kier molecular flexibility index (Phi) is 4.53. The molecule has 1 aromatic carbocycles. The van der Waals surface area contributed by atoms with Gasteiger partial charge in [-0.2, -0.15) is 0 Å². The van der Waals surface area contributed by atoms with Crippen molar-refractivity contribution in [2.45, 2.75) is 6.42 Å². The fourth-order valence-corrected chi connectivity index (χ4v) is 3.32. The number of nitrogens with zero attached hydrogens (tertiary/aromatic N) is 2. The Hall–Kier alpha value is -1.43. The van der Waals surface area contributed by atoms with Crippen LogP contribution in [0.25, 0.3) is 10.6 Å². The number of carbonyl (C=O) groups is 1. The minimum atomic E-state index is 0.0169. The van der Waals surface area contributed by atoms with E-state index in [-0.39, 0.29) is 5.91 Å². The van der Waals surface area contributed by atoms with Crippen molar-refractivity contribution in [3.63, 3.8) is 0 Å². The second-order valence-electron chi connectivity index (χ2n) is 4.94. The highest BCUT2D eigenvalue weighted by Gasteiger charge is 2.20. The molecule has 1 aliphatic rings. The third-order valence-electron chi connectivity index (χ3n) is 3.42. The molecule has 0 unspecified atom stereocenters. The average Bonchev–Trinajstić information content (AvgIpc) is 2.82. The minimum Gasteiger partial charge on any atom is -0.336 e. The van der Waals surface area contributed by atoms with Gasteiger partial charge in [0.1, 0.15) is 10.7 Å². The molecule has 1 aliphatic heterocycles. The van der Waals surface area contributed by atoms with Gasteiger partial charge in [0.15, 0.2) is 0 Å². The summed E-state index contributed by atoms with van der Waals surface area (Å²) in [7, 11) is 0. The van der Waals surface area contributed by atoms with Crippen LogP contribution in [0.3, 0.4) is 0 Å². The van der Waals surface area contributed by atoms with E-state index < -0.39 is 0 Å². The van der Waals surface area contributed by atoms with E-state index in [1.165, 1.54) is 11.3 Å². The smallest absolute Gasteiger partial charge is 0.273 e. The number of hydrogen-bond donors (Lipinski definition) is 1. The maximum Gasteiger partial charge on any atom is 0.273 e. The Morgan fingerprint density at radius 1 is 1.33 bits per heavy atom. The maximum absolute atomic E-state index is 12.5. The second-order valence-corrected chi connectivity index (χ2v) is 6.24. The lowest BCUT2D eigenvalue weighted by Gasteiger charge is -2.18. The Balaban J connectivity index is 1.79. The van der Waals surface area contributed by atoms with Gasteiger partial charge in [0.2, 0.25) is 0 Å². The molecule has 1 N–H and O–H groups in total. The molecule has 21 heavy (non-hydrogen) atoms. The van der Waals surface area contributed by atoms with Gasteiger partial charge in [-0.25, -0.2) is 4.98 Å². The summed E-state index contributed by atoms with van der Waals surface area (Å²) >= 11 is 7.47. The van der Waals surface area contributed by atoms with Crippen LogP contribution in [0.1, 0.15) is 16.9 Å². The van der Waals surface area contributed by atoms with Gasteiger partial charge in [-0.3, -0.25) is 4.79 Å². The summed E-state index contributed by atoms with van der Waals surface area (Å²) in [5, 5.41) is 6.63. The van der Waals surface area contributed by atoms with Gasteiger partial charge in [-0.1, -0.05) is 23.7 Å². The van der Waals surface area contributed by atoms with Gasteiger partial charge in [0.05, 0.1) is 0 Å². The monoisotopic (exact) mass is 321 g/mol. The predicted molar refractivity (Wildman–Crippen MR) is 86.0 cm³/mol. The van der Waals surface area contributed by atoms with Crippen LogP contribution < -0.4 is 5.32 Å². The van der Waals surface area contributed by atoms with Crippen molar-refractivity contribution < 1.29 is 4.79 Å². The highest BCUT2D eigenvalue weighted by atomic mass is 35.5. The molecule has 0 saturated carbocycles. The third kappa shape index (κ3) is 3.43. The summed E-state index contributed by atoms with van der Waals surface area (Å²) in [5.74, 6) is 0.0169. The van der Waals surface area contributed by atoms with Crippen molar-refractivity contribution in [2.24, 2.45) is 0 Å². The number of rotatable bonds is 2. The molecule has 1 fully saturated rings. The Morgan fingerprint density at radius 3 is 3.10 bits per heavy atom. The summed E-state index contributed by atoms with van der Waals surface area (Å²) in [6.45, 7) is 3.34. The lowest BCUT2D eigenvalue weighted by atomic mass is 10.2. The second kappa shape index (κ2) is 6.56. The van der Waals surface area contributed by atoms with Gasteiger partial charge in [0.25, 0.3) is 5.91 Å². The van der Waals surface area contributed by atoms with Crippen LogP contribution in [0.2, 0.25) is 5.02 Å². The molecule has 110 valence electrons. The van der Waals surface area contributed by atoms with Gasteiger partial charge in [-0.15, -0.1) is 11.3 Å². The van der Waals surface area contributed by atoms with Crippen molar-refractivity contribution in [1.82, 2.24) is 15.2 Å². The molecule has 3 rings (SSSR count). The van der Waals surface area contributed by atoms with Gasteiger partial charge < -0.3 is 10.2 Å². The number of amides is 1. The summed E-state index contributed by atoms with van der Waals surface area (Å²) in [6, 6.07) is 7.54. The number of benzene rings is 1. The zero-order valence-electron chi connectivity index (χ0n) is 11.5. The zero-order valence-corrected chi connectivity index (χ0v) is 13.1. The number of hydrogen-bond acceptors (Lipinski definition) is 4. The largest absolute Gasteiger partial charge is 0.336 e. The van der Waals surface area contributed by atoms with E-state index in [4.69, 9.17) is 11.6 Å². The molecule has 1 amide bonds. The molecule has 6 heteroatoms. The maximum atomic E-state index is 12.5. The fourth-order valence-electron chi connectivity index (χ4n) is 2.34. The van der Waals surface area contributed by atoms with E-state index in [1.807, 2.05) is 34.5 Å². The fraction of sp³-hybridized carbons (Fsp3) is 0.333. The van der Waals surface area contributed by atoms with Crippen molar-refractivity contribution in [3.8, 4) is 10.6 Å². The number of carbonyl (C=O) groups excluding carboxylic acids is 1. The quantitative estimate of drug-likeness (QED) is 0.925. The van der Waals surface area contributed by atoms with E-state index in [2.05, 4.69) is 10.3 Å². The summed E-state index contributed by atoms with van der Waals surface area (Å²) < 4.78 is 0. The van der Waals surface area contributed by atoms with Crippen molar-refractivity contribution >= 4 is 28.8 Å². The molecule has 1 saturated heterocycles. The van der Waals surface area contributed by atoms with Crippen molar-refractivity contribution in [1.29, 1.82) is 0 Å².